The maximum absolute atomic E-state index is 11.8. The van der Waals surface area contributed by atoms with Crippen LogP contribution in [0, 0.1) is 0 Å². The number of hydrogen-bond acceptors (Lipinski definition) is 6. The van der Waals surface area contributed by atoms with E-state index >= 15 is 0 Å². The van der Waals surface area contributed by atoms with E-state index in [0.717, 1.165) is 16.7 Å². The molecule has 0 atom stereocenters. The first-order valence-corrected chi connectivity index (χ1v) is 9.08. The Hall–Kier alpha value is -3.35. The smallest absolute Gasteiger partial charge is 0.407 e. The van der Waals surface area contributed by atoms with Crippen molar-refractivity contribution in [1.82, 2.24) is 25.7 Å². The highest BCUT2D eigenvalue weighted by molar-refractivity contribution is 5.68. The highest BCUT2D eigenvalue weighted by Gasteiger charge is 2.15. The van der Waals surface area contributed by atoms with E-state index in [4.69, 9.17) is 4.74 Å². The third kappa shape index (κ3) is 5.33. The van der Waals surface area contributed by atoms with Crippen LogP contribution in [0.2, 0.25) is 0 Å². The van der Waals surface area contributed by atoms with Crippen LogP contribution in [0.1, 0.15) is 26.3 Å². The molecule has 0 unspecified atom stereocenters. The summed E-state index contributed by atoms with van der Waals surface area (Å²) in [7, 11) is 0. The van der Waals surface area contributed by atoms with Crippen LogP contribution in [0.25, 0.3) is 22.8 Å². The first kappa shape index (κ1) is 19.4. The van der Waals surface area contributed by atoms with Gasteiger partial charge in [-0.1, -0.05) is 54.6 Å². The van der Waals surface area contributed by atoms with Gasteiger partial charge in [-0.05, 0) is 26.3 Å². The van der Waals surface area contributed by atoms with Crippen LogP contribution >= 0.6 is 0 Å². The summed E-state index contributed by atoms with van der Waals surface area (Å²) in [5, 5.41) is 19.6. The fraction of sp³-hybridized carbons (Fsp3) is 0.286. The van der Waals surface area contributed by atoms with Gasteiger partial charge in [0.1, 0.15) is 0 Å². The summed E-state index contributed by atoms with van der Waals surface area (Å²) in [6.45, 7) is 5.96. The maximum Gasteiger partial charge on any atom is 0.407 e. The normalized spacial score (nSPS) is 11.1. The molecule has 0 bridgehead atoms. The summed E-state index contributed by atoms with van der Waals surface area (Å²) in [5.74, 6) is 0.915. The molecule has 0 aliphatic heterocycles. The SMILES string of the molecule is CC(C)(C)NC(=O)OCCc1ccccc1-c1nnc(-c2ccccc2)nn1. The minimum atomic E-state index is -0.434. The largest absolute Gasteiger partial charge is 0.449 e. The van der Waals surface area contributed by atoms with Crippen LogP contribution in [0.4, 0.5) is 4.79 Å². The molecule has 1 N–H and O–H groups in total. The number of ether oxygens (including phenoxy) is 1. The van der Waals surface area contributed by atoms with Crippen molar-refractivity contribution in [2.45, 2.75) is 32.7 Å². The van der Waals surface area contributed by atoms with E-state index in [1.54, 1.807) is 0 Å². The molecule has 144 valence electrons. The standard InChI is InChI=1S/C21H23N5O2/c1-21(2,3)22-20(27)28-14-13-15-9-7-8-12-17(15)19-25-23-18(24-26-19)16-10-5-4-6-11-16/h4-12H,13-14H2,1-3H3,(H,22,27). The molecule has 2 aromatic carbocycles. The van der Waals surface area contributed by atoms with Crippen LogP contribution in [0.5, 0.6) is 0 Å². The molecule has 0 saturated heterocycles. The Morgan fingerprint density at radius 3 is 2.18 bits per heavy atom. The minimum absolute atomic E-state index is 0.252. The number of nitrogens with one attached hydrogen (secondary N) is 1. The van der Waals surface area contributed by atoms with E-state index in [0.29, 0.717) is 18.1 Å². The Morgan fingerprint density at radius 2 is 1.50 bits per heavy atom. The van der Waals surface area contributed by atoms with Crippen LogP contribution in [0.15, 0.2) is 54.6 Å². The summed E-state index contributed by atoms with van der Waals surface area (Å²) < 4.78 is 5.27. The lowest BCUT2D eigenvalue weighted by atomic mass is 10.0. The Bertz CT molecular complexity index is 922. The molecule has 3 aromatic rings. The van der Waals surface area contributed by atoms with E-state index in [1.807, 2.05) is 75.4 Å². The number of aromatic nitrogens is 4. The van der Waals surface area contributed by atoms with Gasteiger partial charge in [-0.3, -0.25) is 0 Å². The Kier molecular flexibility index (Phi) is 5.93. The van der Waals surface area contributed by atoms with E-state index in [2.05, 4.69) is 25.7 Å². The van der Waals surface area contributed by atoms with Gasteiger partial charge >= 0.3 is 6.09 Å². The molecule has 0 saturated carbocycles. The topological polar surface area (TPSA) is 89.9 Å². The molecule has 0 fully saturated rings. The predicted octanol–water partition coefficient (Wildman–Crippen LogP) is 3.67. The molecule has 0 aliphatic carbocycles. The first-order chi connectivity index (χ1) is 13.4. The number of amides is 1. The van der Waals surface area contributed by atoms with Gasteiger partial charge in [-0.15, -0.1) is 20.4 Å². The summed E-state index contributed by atoms with van der Waals surface area (Å²) in [6, 6.07) is 17.3. The molecule has 28 heavy (non-hydrogen) atoms. The first-order valence-electron chi connectivity index (χ1n) is 9.08. The molecule has 0 aliphatic rings. The zero-order valence-electron chi connectivity index (χ0n) is 16.2. The molecule has 3 rings (SSSR count). The Labute approximate surface area is 164 Å². The average molecular weight is 377 g/mol. The van der Waals surface area contributed by atoms with Crippen molar-refractivity contribution in [3.63, 3.8) is 0 Å². The van der Waals surface area contributed by atoms with Gasteiger partial charge in [0.15, 0.2) is 0 Å². The number of alkyl carbamates (subject to hydrolysis) is 1. The number of benzene rings is 2. The van der Waals surface area contributed by atoms with Crippen molar-refractivity contribution in [3.05, 3.63) is 60.2 Å². The highest BCUT2D eigenvalue weighted by atomic mass is 16.5. The third-order valence-electron chi connectivity index (χ3n) is 3.85. The minimum Gasteiger partial charge on any atom is -0.449 e. The monoisotopic (exact) mass is 377 g/mol. The summed E-state index contributed by atoms with van der Waals surface area (Å²) in [6.07, 6.45) is 0.106. The lowest BCUT2D eigenvalue weighted by molar-refractivity contribution is 0.139. The fourth-order valence-electron chi connectivity index (χ4n) is 2.59. The molecular formula is C21H23N5O2. The number of carbonyl (C=O) groups is 1. The van der Waals surface area contributed by atoms with Crippen molar-refractivity contribution >= 4 is 6.09 Å². The number of carbonyl (C=O) groups excluding carboxylic acids is 1. The third-order valence-corrected chi connectivity index (χ3v) is 3.85. The second-order valence-electron chi connectivity index (χ2n) is 7.33. The highest BCUT2D eigenvalue weighted by Crippen LogP contribution is 2.20. The molecule has 0 radical (unpaired) electrons. The molecule has 1 heterocycles. The molecule has 0 spiro atoms. The molecule has 7 nitrogen and oxygen atoms in total. The quantitative estimate of drug-likeness (QED) is 0.730. The summed E-state index contributed by atoms with van der Waals surface area (Å²) in [4.78, 5) is 11.8. The summed E-state index contributed by atoms with van der Waals surface area (Å²) >= 11 is 0. The number of rotatable bonds is 5. The van der Waals surface area contributed by atoms with Crippen molar-refractivity contribution < 1.29 is 9.53 Å². The Balaban J connectivity index is 1.69. The van der Waals surface area contributed by atoms with Crippen LogP contribution in [-0.2, 0) is 11.2 Å². The molecule has 1 aromatic heterocycles. The van der Waals surface area contributed by atoms with Gasteiger partial charge in [0, 0.05) is 23.1 Å². The molecule has 7 heteroatoms. The van der Waals surface area contributed by atoms with Gasteiger partial charge in [0.05, 0.1) is 6.61 Å². The lowest BCUT2D eigenvalue weighted by Crippen LogP contribution is -2.41. The number of nitrogens with zero attached hydrogens (tertiary/aromatic N) is 4. The van der Waals surface area contributed by atoms with Gasteiger partial charge in [0.2, 0.25) is 11.6 Å². The van der Waals surface area contributed by atoms with Crippen LogP contribution in [0.3, 0.4) is 0 Å². The van der Waals surface area contributed by atoms with Crippen molar-refractivity contribution in [1.29, 1.82) is 0 Å². The second kappa shape index (κ2) is 8.56. The fourth-order valence-corrected chi connectivity index (χ4v) is 2.59. The van der Waals surface area contributed by atoms with E-state index < -0.39 is 6.09 Å². The van der Waals surface area contributed by atoms with Gasteiger partial charge < -0.3 is 10.1 Å². The van der Waals surface area contributed by atoms with Crippen LogP contribution in [-0.4, -0.2) is 38.6 Å². The van der Waals surface area contributed by atoms with Gasteiger partial charge in [0.25, 0.3) is 0 Å². The van der Waals surface area contributed by atoms with E-state index in [9.17, 15) is 4.79 Å². The van der Waals surface area contributed by atoms with Gasteiger partial charge in [-0.25, -0.2) is 4.79 Å². The van der Waals surface area contributed by atoms with Crippen molar-refractivity contribution in [3.8, 4) is 22.8 Å². The van der Waals surface area contributed by atoms with Crippen molar-refractivity contribution in [2.75, 3.05) is 6.61 Å². The predicted molar refractivity (Wildman–Crippen MR) is 106 cm³/mol. The molecular weight excluding hydrogens is 354 g/mol. The molecule has 1 amide bonds. The van der Waals surface area contributed by atoms with Crippen LogP contribution < -0.4 is 5.32 Å². The van der Waals surface area contributed by atoms with Crippen molar-refractivity contribution in [2.24, 2.45) is 0 Å². The van der Waals surface area contributed by atoms with E-state index in [-0.39, 0.29) is 12.1 Å². The lowest BCUT2D eigenvalue weighted by Gasteiger charge is -2.20. The van der Waals surface area contributed by atoms with Gasteiger partial charge in [-0.2, -0.15) is 0 Å². The Morgan fingerprint density at radius 1 is 0.893 bits per heavy atom. The zero-order chi connectivity index (χ0) is 20.0. The second-order valence-corrected chi connectivity index (χ2v) is 7.33. The summed E-state index contributed by atoms with van der Waals surface area (Å²) in [5.41, 5.74) is 2.31. The maximum atomic E-state index is 11.8. The van der Waals surface area contributed by atoms with E-state index in [1.165, 1.54) is 0 Å². The zero-order valence-corrected chi connectivity index (χ0v) is 16.2. The number of hydrogen-bond donors (Lipinski definition) is 1. The average Bonchev–Trinajstić information content (AvgIpc) is 2.68.